The highest BCUT2D eigenvalue weighted by Gasteiger charge is 2.06. The maximum Gasteiger partial charge on any atom is 0.374 e. The Morgan fingerprint density at radius 3 is 2.85 bits per heavy atom. The van der Waals surface area contributed by atoms with E-state index in [-0.39, 0.29) is 11.9 Å². The molecule has 1 heterocycles. The van der Waals surface area contributed by atoms with Crippen molar-refractivity contribution in [3.8, 4) is 0 Å². The lowest BCUT2D eigenvalue weighted by molar-refractivity contribution is 0.0683. The molecule has 1 aromatic heterocycles. The van der Waals surface area contributed by atoms with Crippen molar-refractivity contribution in [2.24, 2.45) is 0 Å². The van der Waals surface area contributed by atoms with Gasteiger partial charge in [0.05, 0.1) is 0 Å². The second-order valence-electron chi connectivity index (χ2n) is 2.87. The molecular formula is C8H11N3O2. The Balaban J connectivity index is 2.85. The average molecular weight is 181 g/mol. The molecule has 5 heteroatoms. The Labute approximate surface area is 75.8 Å². The van der Waals surface area contributed by atoms with Crippen LogP contribution in [0.15, 0.2) is 12.3 Å². The lowest BCUT2D eigenvalue weighted by Gasteiger charge is -2.07. The van der Waals surface area contributed by atoms with Crippen LogP contribution in [-0.4, -0.2) is 27.1 Å². The SMILES string of the molecule is CC(C)Nc1ccnc(C(=O)O)n1. The summed E-state index contributed by atoms with van der Waals surface area (Å²) >= 11 is 0. The van der Waals surface area contributed by atoms with Gasteiger partial charge in [0.2, 0.25) is 5.82 Å². The van der Waals surface area contributed by atoms with Gasteiger partial charge < -0.3 is 10.4 Å². The molecule has 5 nitrogen and oxygen atoms in total. The first-order valence-corrected chi connectivity index (χ1v) is 3.92. The van der Waals surface area contributed by atoms with Crippen molar-refractivity contribution in [1.82, 2.24) is 9.97 Å². The van der Waals surface area contributed by atoms with E-state index in [4.69, 9.17) is 5.11 Å². The second kappa shape index (κ2) is 3.84. The molecule has 0 amide bonds. The number of carboxylic acids is 1. The molecule has 70 valence electrons. The summed E-state index contributed by atoms with van der Waals surface area (Å²) in [4.78, 5) is 17.9. The summed E-state index contributed by atoms with van der Waals surface area (Å²) in [5.41, 5.74) is 0. The fraction of sp³-hybridized carbons (Fsp3) is 0.375. The zero-order valence-corrected chi connectivity index (χ0v) is 7.48. The first-order chi connectivity index (χ1) is 6.09. The van der Waals surface area contributed by atoms with Crippen LogP contribution in [0, 0.1) is 0 Å². The highest BCUT2D eigenvalue weighted by atomic mass is 16.4. The Morgan fingerprint density at radius 1 is 1.62 bits per heavy atom. The molecule has 2 N–H and O–H groups in total. The number of anilines is 1. The highest BCUT2D eigenvalue weighted by molar-refractivity contribution is 5.83. The average Bonchev–Trinajstić information content (AvgIpc) is 2.03. The summed E-state index contributed by atoms with van der Waals surface area (Å²) in [5.74, 6) is -0.777. The smallest absolute Gasteiger partial charge is 0.374 e. The van der Waals surface area contributed by atoms with Gasteiger partial charge in [0.1, 0.15) is 5.82 Å². The van der Waals surface area contributed by atoms with Crippen LogP contribution in [0.5, 0.6) is 0 Å². The molecule has 0 aliphatic heterocycles. The van der Waals surface area contributed by atoms with Gasteiger partial charge in [-0.2, -0.15) is 0 Å². The topological polar surface area (TPSA) is 75.1 Å². The molecule has 0 bridgehead atoms. The number of carboxylic acid groups (broad SMARTS) is 1. The van der Waals surface area contributed by atoms with Gasteiger partial charge in [-0.25, -0.2) is 14.8 Å². The number of aromatic nitrogens is 2. The molecule has 0 aromatic carbocycles. The number of hydrogen-bond acceptors (Lipinski definition) is 4. The van der Waals surface area contributed by atoms with Crippen LogP contribution in [-0.2, 0) is 0 Å². The molecule has 0 unspecified atom stereocenters. The molecule has 0 atom stereocenters. The molecule has 0 aliphatic carbocycles. The predicted molar refractivity (Wildman–Crippen MR) is 47.8 cm³/mol. The van der Waals surface area contributed by atoms with E-state index in [1.807, 2.05) is 13.8 Å². The fourth-order valence-electron chi connectivity index (χ4n) is 0.838. The van der Waals surface area contributed by atoms with Crippen LogP contribution < -0.4 is 5.32 Å². The lowest BCUT2D eigenvalue weighted by Crippen LogP contribution is -2.13. The number of hydrogen-bond donors (Lipinski definition) is 2. The Hall–Kier alpha value is -1.65. The number of nitrogens with zero attached hydrogens (tertiary/aromatic N) is 2. The Kier molecular flexibility index (Phi) is 2.79. The minimum Gasteiger partial charge on any atom is -0.475 e. The normalized spacial score (nSPS) is 10.1. The number of nitrogens with one attached hydrogen (secondary N) is 1. The third kappa shape index (κ3) is 2.70. The van der Waals surface area contributed by atoms with E-state index < -0.39 is 5.97 Å². The number of rotatable bonds is 3. The third-order valence-corrected chi connectivity index (χ3v) is 1.28. The summed E-state index contributed by atoms with van der Waals surface area (Å²) in [6, 6.07) is 1.85. The van der Waals surface area contributed by atoms with Crippen LogP contribution in [0.25, 0.3) is 0 Å². The standard InChI is InChI=1S/C8H11N3O2/c1-5(2)10-6-3-4-9-7(11-6)8(12)13/h3-5H,1-2H3,(H,12,13)(H,9,10,11). The predicted octanol–water partition coefficient (Wildman–Crippen LogP) is 0.995. The first kappa shape index (κ1) is 9.44. The summed E-state index contributed by atoms with van der Waals surface area (Å²) in [6.07, 6.45) is 1.42. The van der Waals surface area contributed by atoms with Crippen molar-refractivity contribution >= 4 is 11.8 Å². The van der Waals surface area contributed by atoms with Crippen LogP contribution in [0.4, 0.5) is 5.82 Å². The highest BCUT2D eigenvalue weighted by Crippen LogP contribution is 2.03. The van der Waals surface area contributed by atoms with E-state index in [1.165, 1.54) is 6.20 Å². The molecule has 0 saturated carbocycles. The van der Waals surface area contributed by atoms with E-state index in [2.05, 4.69) is 15.3 Å². The van der Waals surface area contributed by atoms with E-state index in [9.17, 15) is 4.79 Å². The molecule has 0 fully saturated rings. The van der Waals surface area contributed by atoms with Gasteiger partial charge in [0, 0.05) is 12.2 Å². The molecule has 1 rings (SSSR count). The van der Waals surface area contributed by atoms with Crippen molar-refractivity contribution in [1.29, 1.82) is 0 Å². The number of aromatic carboxylic acids is 1. The number of carbonyl (C=O) groups is 1. The third-order valence-electron chi connectivity index (χ3n) is 1.28. The van der Waals surface area contributed by atoms with Crippen LogP contribution >= 0.6 is 0 Å². The lowest BCUT2D eigenvalue weighted by atomic mass is 10.4. The zero-order valence-electron chi connectivity index (χ0n) is 7.48. The summed E-state index contributed by atoms with van der Waals surface area (Å²) < 4.78 is 0. The molecule has 0 saturated heterocycles. The molecule has 1 aromatic rings. The van der Waals surface area contributed by atoms with E-state index in [0.717, 1.165) is 0 Å². The maximum absolute atomic E-state index is 10.5. The molecule has 13 heavy (non-hydrogen) atoms. The molecule has 0 spiro atoms. The summed E-state index contributed by atoms with van der Waals surface area (Å²) in [6.45, 7) is 3.89. The monoisotopic (exact) mass is 181 g/mol. The van der Waals surface area contributed by atoms with Crippen LogP contribution in [0.3, 0.4) is 0 Å². The Bertz CT molecular complexity index is 312. The van der Waals surface area contributed by atoms with E-state index in [1.54, 1.807) is 6.07 Å². The first-order valence-electron chi connectivity index (χ1n) is 3.92. The minimum absolute atomic E-state index is 0.189. The molecule has 0 aliphatic rings. The molecular weight excluding hydrogens is 170 g/mol. The van der Waals surface area contributed by atoms with Crippen molar-refractivity contribution in [3.05, 3.63) is 18.1 Å². The van der Waals surface area contributed by atoms with Crippen LogP contribution in [0.2, 0.25) is 0 Å². The van der Waals surface area contributed by atoms with Crippen molar-refractivity contribution < 1.29 is 9.90 Å². The van der Waals surface area contributed by atoms with Crippen molar-refractivity contribution in [2.75, 3.05) is 5.32 Å². The van der Waals surface area contributed by atoms with Gasteiger partial charge in [-0.3, -0.25) is 0 Å². The van der Waals surface area contributed by atoms with Gasteiger partial charge in [-0.15, -0.1) is 0 Å². The van der Waals surface area contributed by atoms with Gasteiger partial charge in [-0.1, -0.05) is 0 Å². The van der Waals surface area contributed by atoms with Crippen LogP contribution in [0.1, 0.15) is 24.5 Å². The van der Waals surface area contributed by atoms with E-state index in [0.29, 0.717) is 5.82 Å². The van der Waals surface area contributed by atoms with E-state index >= 15 is 0 Å². The largest absolute Gasteiger partial charge is 0.475 e. The molecule has 0 radical (unpaired) electrons. The fourth-order valence-corrected chi connectivity index (χ4v) is 0.838. The summed E-state index contributed by atoms with van der Waals surface area (Å²) in [5, 5.41) is 11.6. The van der Waals surface area contributed by atoms with Gasteiger partial charge in [-0.05, 0) is 19.9 Å². The minimum atomic E-state index is -1.12. The maximum atomic E-state index is 10.5. The van der Waals surface area contributed by atoms with Crippen molar-refractivity contribution in [3.63, 3.8) is 0 Å². The second-order valence-corrected chi connectivity index (χ2v) is 2.87. The van der Waals surface area contributed by atoms with Gasteiger partial charge in [0.15, 0.2) is 0 Å². The zero-order chi connectivity index (χ0) is 9.84. The summed E-state index contributed by atoms with van der Waals surface area (Å²) in [7, 11) is 0. The van der Waals surface area contributed by atoms with Crippen molar-refractivity contribution in [2.45, 2.75) is 19.9 Å². The van der Waals surface area contributed by atoms with Gasteiger partial charge in [0.25, 0.3) is 0 Å². The Morgan fingerprint density at radius 2 is 2.31 bits per heavy atom. The quantitative estimate of drug-likeness (QED) is 0.727. The van der Waals surface area contributed by atoms with Gasteiger partial charge >= 0.3 is 5.97 Å².